The first kappa shape index (κ1) is 13.0. The third-order valence-electron chi connectivity index (χ3n) is 2.07. The lowest BCUT2D eigenvalue weighted by Gasteiger charge is -2.09. The smallest absolute Gasteiger partial charge is 0.119 e. The summed E-state index contributed by atoms with van der Waals surface area (Å²) in [6.07, 6.45) is -0.491. The Morgan fingerprint density at radius 1 is 1.25 bits per heavy atom. The van der Waals surface area contributed by atoms with Crippen LogP contribution in [0, 0.1) is 0 Å². The van der Waals surface area contributed by atoms with Crippen molar-refractivity contribution in [3.63, 3.8) is 0 Å². The number of ether oxygens (including phenoxy) is 2. The lowest BCUT2D eigenvalue weighted by molar-refractivity contribution is 0.0704. The summed E-state index contributed by atoms with van der Waals surface area (Å²) in [4.78, 5) is 0. The van der Waals surface area contributed by atoms with Crippen LogP contribution in [0.4, 0.5) is 0 Å². The fourth-order valence-corrected chi connectivity index (χ4v) is 1.25. The minimum Gasteiger partial charge on any atom is -0.491 e. The number of aliphatic hydroxyl groups is 2. The van der Waals surface area contributed by atoms with Gasteiger partial charge in [-0.15, -0.1) is 0 Å². The van der Waals surface area contributed by atoms with Gasteiger partial charge in [-0.1, -0.05) is 12.1 Å². The molecule has 90 valence electrons. The second kappa shape index (κ2) is 7.22. The van der Waals surface area contributed by atoms with Gasteiger partial charge in [-0.05, 0) is 24.6 Å². The molecule has 0 radical (unpaired) electrons. The van der Waals surface area contributed by atoms with Gasteiger partial charge in [0.15, 0.2) is 0 Å². The van der Waals surface area contributed by atoms with Crippen molar-refractivity contribution >= 4 is 0 Å². The molecule has 1 atom stereocenters. The summed E-state index contributed by atoms with van der Waals surface area (Å²) in [6.45, 7) is 2.95. The van der Waals surface area contributed by atoms with Crippen LogP contribution in [0.3, 0.4) is 0 Å². The van der Waals surface area contributed by atoms with E-state index in [1.807, 2.05) is 18.2 Å². The van der Waals surface area contributed by atoms with Gasteiger partial charge in [-0.2, -0.15) is 0 Å². The molecule has 1 rings (SSSR count). The van der Waals surface area contributed by atoms with Gasteiger partial charge in [0.05, 0.1) is 25.9 Å². The van der Waals surface area contributed by atoms with Crippen LogP contribution in [-0.4, -0.2) is 36.6 Å². The summed E-state index contributed by atoms with van der Waals surface area (Å²) in [6, 6.07) is 7.32. The molecule has 0 aliphatic rings. The fraction of sp³-hybridized carbons (Fsp3) is 0.500. The number of hydrogen-bond donors (Lipinski definition) is 2. The Labute approximate surface area is 95.4 Å². The molecule has 0 fully saturated rings. The molecule has 0 aromatic heterocycles. The molecular weight excluding hydrogens is 208 g/mol. The lowest BCUT2D eigenvalue weighted by Crippen LogP contribution is -2.09. The van der Waals surface area contributed by atoms with Gasteiger partial charge >= 0.3 is 0 Å². The van der Waals surface area contributed by atoms with Gasteiger partial charge < -0.3 is 19.7 Å². The average Bonchev–Trinajstić information content (AvgIpc) is 2.29. The predicted octanol–water partition coefficient (Wildman–Crippen LogP) is 1.13. The van der Waals surface area contributed by atoms with E-state index in [0.29, 0.717) is 25.6 Å². The molecule has 1 aromatic carbocycles. The fourth-order valence-electron chi connectivity index (χ4n) is 1.25. The molecule has 1 aromatic rings. The third-order valence-corrected chi connectivity index (χ3v) is 2.07. The molecule has 0 aliphatic carbocycles. The molecule has 4 heteroatoms. The first-order chi connectivity index (χ1) is 7.74. The maximum absolute atomic E-state index is 9.38. The maximum Gasteiger partial charge on any atom is 0.119 e. The number of benzene rings is 1. The molecule has 0 amide bonds. The monoisotopic (exact) mass is 226 g/mol. The Balaban J connectivity index is 2.33. The SMILES string of the molecule is C[C@@H](O)c1cccc(OCCOCCO)c1. The zero-order chi connectivity index (χ0) is 11.8. The minimum absolute atomic E-state index is 0.0253. The Morgan fingerprint density at radius 2 is 2.06 bits per heavy atom. The van der Waals surface area contributed by atoms with Crippen molar-refractivity contribution < 1.29 is 19.7 Å². The predicted molar refractivity (Wildman–Crippen MR) is 60.5 cm³/mol. The van der Waals surface area contributed by atoms with Crippen molar-refractivity contribution in [2.24, 2.45) is 0 Å². The summed E-state index contributed by atoms with van der Waals surface area (Å²) >= 11 is 0. The van der Waals surface area contributed by atoms with Gasteiger partial charge in [0.1, 0.15) is 12.4 Å². The van der Waals surface area contributed by atoms with Crippen molar-refractivity contribution in [3.05, 3.63) is 29.8 Å². The third kappa shape index (κ3) is 4.61. The van der Waals surface area contributed by atoms with Crippen molar-refractivity contribution in [1.82, 2.24) is 0 Å². The molecule has 4 nitrogen and oxygen atoms in total. The first-order valence-electron chi connectivity index (χ1n) is 5.33. The average molecular weight is 226 g/mol. The summed E-state index contributed by atoms with van der Waals surface area (Å²) in [5.74, 6) is 0.714. The number of hydrogen-bond acceptors (Lipinski definition) is 4. The van der Waals surface area contributed by atoms with Gasteiger partial charge in [0, 0.05) is 0 Å². The molecule has 2 N–H and O–H groups in total. The van der Waals surface area contributed by atoms with Crippen LogP contribution in [-0.2, 0) is 4.74 Å². The molecular formula is C12H18O4. The highest BCUT2D eigenvalue weighted by Gasteiger charge is 2.01. The van der Waals surface area contributed by atoms with Crippen molar-refractivity contribution in [2.45, 2.75) is 13.0 Å². The molecule has 0 saturated carbocycles. The highest BCUT2D eigenvalue weighted by atomic mass is 16.5. The van der Waals surface area contributed by atoms with Crippen LogP contribution < -0.4 is 4.74 Å². The summed E-state index contributed by atoms with van der Waals surface area (Å²) in [7, 11) is 0. The number of rotatable bonds is 7. The second-order valence-electron chi connectivity index (χ2n) is 3.43. The summed E-state index contributed by atoms with van der Waals surface area (Å²) in [5, 5.41) is 17.9. The van der Waals surface area contributed by atoms with Gasteiger partial charge in [-0.25, -0.2) is 0 Å². The maximum atomic E-state index is 9.38. The Kier molecular flexibility index (Phi) is 5.85. The van der Waals surface area contributed by atoms with Crippen LogP contribution in [0.1, 0.15) is 18.6 Å². The molecule has 0 heterocycles. The van der Waals surface area contributed by atoms with Crippen molar-refractivity contribution in [3.8, 4) is 5.75 Å². The molecule has 0 saturated heterocycles. The quantitative estimate of drug-likeness (QED) is 0.684. The topological polar surface area (TPSA) is 58.9 Å². The standard InChI is InChI=1S/C12H18O4/c1-10(14)11-3-2-4-12(9-11)16-8-7-15-6-5-13/h2-4,9-10,13-14H,5-8H2,1H3/t10-/m1/s1. The molecule has 16 heavy (non-hydrogen) atoms. The van der Waals surface area contributed by atoms with Gasteiger partial charge in [0.25, 0.3) is 0 Å². The zero-order valence-corrected chi connectivity index (χ0v) is 9.43. The van der Waals surface area contributed by atoms with E-state index in [2.05, 4.69) is 0 Å². The van der Waals surface area contributed by atoms with Crippen LogP contribution in [0.25, 0.3) is 0 Å². The van der Waals surface area contributed by atoms with Crippen molar-refractivity contribution in [2.75, 3.05) is 26.4 Å². The normalized spacial score (nSPS) is 12.4. The highest BCUT2D eigenvalue weighted by Crippen LogP contribution is 2.18. The molecule has 0 aliphatic heterocycles. The van der Waals surface area contributed by atoms with E-state index in [1.165, 1.54) is 0 Å². The first-order valence-corrected chi connectivity index (χ1v) is 5.33. The number of aliphatic hydroxyl groups excluding tert-OH is 2. The molecule has 0 unspecified atom stereocenters. The second-order valence-corrected chi connectivity index (χ2v) is 3.43. The molecule has 0 spiro atoms. The largest absolute Gasteiger partial charge is 0.491 e. The highest BCUT2D eigenvalue weighted by molar-refractivity contribution is 5.29. The zero-order valence-electron chi connectivity index (χ0n) is 9.43. The van der Waals surface area contributed by atoms with Crippen LogP contribution in [0.2, 0.25) is 0 Å². The Hall–Kier alpha value is -1.10. The van der Waals surface area contributed by atoms with Gasteiger partial charge in [0.2, 0.25) is 0 Å². The summed E-state index contributed by atoms with van der Waals surface area (Å²) in [5.41, 5.74) is 0.828. The van der Waals surface area contributed by atoms with E-state index in [1.54, 1.807) is 13.0 Å². The van der Waals surface area contributed by atoms with E-state index in [0.717, 1.165) is 5.56 Å². The van der Waals surface area contributed by atoms with E-state index < -0.39 is 6.10 Å². The van der Waals surface area contributed by atoms with Crippen LogP contribution >= 0.6 is 0 Å². The van der Waals surface area contributed by atoms with Crippen molar-refractivity contribution in [1.29, 1.82) is 0 Å². The Morgan fingerprint density at radius 3 is 2.75 bits per heavy atom. The lowest BCUT2D eigenvalue weighted by atomic mass is 10.1. The van der Waals surface area contributed by atoms with E-state index in [4.69, 9.17) is 14.6 Å². The minimum atomic E-state index is -0.491. The summed E-state index contributed by atoms with van der Waals surface area (Å²) < 4.78 is 10.5. The van der Waals surface area contributed by atoms with Gasteiger partial charge in [-0.3, -0.25) is 0 Å². The molecule has 0 bridgehead atoms. The van der Waals surface area contributed by atoms with E-state index in [-0.39, 0.29) is 6.61 Å². The van der Waals surface area contributed by atoms with E-state index in [9.17, 15) is 5.11 Å². The van der Waals surface area contributed by atoms with E-state index >= 15 is 0 Å². The van der Waals surface area contributed by atoms with Crippen LogP contribution in [0.15, 0.2) is 24.3 Å². The van der Waals surface area contributed by atoms with Crippen LogP contribution in [0.5, 0.6) is 5.75 Å². The Bertz CT molecular complexity index is 299.